The van der Waals surface area contributed by atoms with Gasteiger partial charge in [-0.15, -0.1) is 10.2 Å². The van der Waals surface area contributed by atoms with Crippen LogP contribution in [-0.2, 0) is 4.79 Å². The number of hydrogen-bond donors (Lipinski definition) is 1. The van der Waals surface area contributed by atoms with Gasteiger partial charge in [-0.25, -0.2) is 0 Å². The standard InChI is InChI=1S/C20H19Cl2N3O3S/c1-11-5-4-6-12(2)18(11)23-17(26)10-29-20-25-24-19(28-20)13(3)27-16-8-7-14(21)9-15(16)22/h4-9,13H,10H2,1-3H3,(H,23,26)/t13-/m0/s1. The number of nitrogens with one attached hydrogen (secondary N) is 1. The molecule has 1 aromatic heterocycles. The van der Waals surface area contributed by atoms with Gasteiger partial charge in [0.25, 0.3) is 11.1 Å². The number of nitrogens with zero attached hydrogens (tertiary/aromatic N) is 2. The van der Waals surface area contributed by atoms with Gasteiger partial charge in [-0.2, -0.15) is 0 Å². The topological polar surface area (TPSA) is 77.2 Å². The molecule has 1 heterocycles. The fourth-order valence-electron chi connectivity index (χ4n) is 2.57. The number of rotatable bonds is 7. The molecule has 0 aliphatic carbocycles. The van der Waals surface area contributed by atoms with Crippen molar-refractivity contribution in [3.05, 3.63) is 63.5 Å². The number of anilines is 1. The Labute approximate surface area is 182 Å². The van der Waals surface area contributed by atoms with Gasteiger partial charge in [0.1, 0.15) is 5.75 Å². The summed E-state index contributed by atoms with van der Waals surface area (Å²) in [5, 5.41) is 12.1. The molecular weight excluding hydrogens is 433 g/mol. The molecule has 6 nitrogen and oxygen atoms in total. The van der Waals surface area contributed by atoms with E-state index >= 15 is 0 Å². The van der Waals surface area contributed by atoms with Gasteiger partial charge >= 0.3 is 0 Å². The second kappa shape index (κ2) is 9.52. The Morgan fingerprint density at radius 1 is 1.21 bits per heavy atom. The highest BCUT2D eigenvalue weighted by Gasteiger charge is 2.18. The summed E-state index contributed by atoms with van der Waals surface area (Å²) in [6.45, 7) is 5.67. The molecule has 3 rings (SSSR count). The monoisotopic (exact) mass is 451 g/mol. The third-order valence-corrected chi connectivity index (χ3v) is 5.39. The van der Waals surface area contributed by atoms with E-state index in [1.165, 1.54) is 0 Å². The second-order valence-electron chi connectivity index (χ2n) is 6.34. The summed E-state index contributed by atoms with van der Waals surface area (Å²) in [5.41, 5.74) is 2.84. The number of halogens is 2. The Morgan fingerprint density at radius 2 is 1.93 bits per heavy atom. The average Bonchev–Trinajstić information content (AvgIpc) is 3.15. The fourth-order valence-corrected chi connectivity index (χ4v) is 3.59. The van der Waals surface area contributed by atoms with Gasteiger partial charge in [0.15, 0.2) is 6.10 Å². The van der Waals surface area contributed by atoms with Crippen LogP contribution in [0.3, 0.4) is 0 Å². The molecule has 3 aromatic rings. The highest BCUT2D eigenvalue weighted by atomic mass is 35.5. The first-order valence-electron chi connectivity index (χ1n) is 8.77. The zero-order valence-corrected chi connectivity index (χ0v) is 18.4. The Hall–Kier alpha value is -2.22. The van der Waals surface area contributed by atoms with Gasteiger partial charge in [-0.1, -0.05) is 53.2 Å². The SMILES string of the molecule is Cc1cccc(C)c1NC(=O)CSc1nnc([C@H](C)Oc2ccc(Cl)cc2Cl)o1. The molecule has 152 valence electrons. The summed E-state index contributed by atoms with van der Waals surface area (Å²) in [5.74, 6) is 0.746. The predicted octanol–water partition coefficient (Wildman–Crippen LogP) is 5.86. The average molecular weight is 452 g/mol. The highest BCUT2D eigenvalue weighted by molar-refractivity contribution is 7.99. The number of para-hydroxylation sites is 1. The van der Waals surface area contributed by atoms with Crippen molar-refractivity contribution in [2.45, 2.75) is 32.1 Å². The van der Waals surface area contributed by atoms with Crippen LogP contribution in [0.2, 0.25) is 10.0 Å². The van der Waals surface area contributed by atoms with Crippen LogP contribution in [0.25, 0.3) is 0 Å². The fraction of sp³-hybridized carbons (Fsp3) is 0.250. The van der Waals surface area contributed by atoms with E-state index in [0.717, 1.165) is 28.6 Å². The third kappa shape index (κ3) is 5.65. The molecule has 0 fully saturated rings. The number of ether oxygens (including phenoxy) is 1. The van der Waals surface area contributed by atoms with Crippen LogP contribution in [0.5, 0.6) is 5.75 Å². The number of benzene rings is 2. The molecular formula is C20H19Cl2N3O3S. The number of carbonyl (C=O) groups is 1. The first kappa shape index (κ1) is 21.5. The molecule has 0 aliphatic heterocycles. The lowest BCUT2D eigenvalue weighted by molar-refractivity contribution is -0.113. The van der Waals surface area contributed by atoms with Crippen LogP contribution in [0, 0.1) is 13.8 Å². The molecule has 1 atom stereocenters. The summed E-state index contributed by atoms with van der Waals surface area (Å²) < 4.78 is 11.4. The zero-order valence-electron chi connectivity index (χ0n) is 16.0. The maximum atomic E-state index is 12.3. The molecule has 0 radical (unpaired) electrons. The van der Waals surface area contributed by atoms with Gasteiger partial charge in [0.05, 0.1) is 10.8 Å². The van der Waals surface area contributed by atoms with Crippen molar-refractivity contribution in [2.75, 3.05) is 11.1 Å². The van der Waals surface area contributed by atoms with Gasteiger partial charge in [0, 0.05) is 10.7 Å². The number of hydrogen-bond acceptors (Lipinski definition) is 6. The molecule has 0 saturated heterocycles. The Morgan fingerprint density at radius 3 is 2.62 bits per heavy atom. The quantitative estimate of drug-likeness (QED) is 0.452. The van der Waals surface area contributed by atoms with Crippen LogP contribution in [0.4, 0.5) is 5.69 Å². The normalized spacial score (nSPS) is 11.9. The van der Waals surface area contributed by atoms with E-state index in [-0.39, 0.29) is 22.8 Å². The lowest BCUT2D eigenvalue weighted by Crippen LogP contribution is -2.15. The Balaban J connectivity index is 1.56. The van der Waals surface area contributed by atoms with E-state index in [2.05, 4.69) is 15.5 Å². The van der Waals surface area contributed by atoms with Crippen LogP contribution in [0.1, 0.15) is 30.0 Å². The number of aryl methyl sites for hydroxylation is 2. The molecule has 0 aliphatic rings. The molecule has 9 heteroatoms. The molecule has 1 amide bonds. The number of aromatic nitrogens is 2. The molecule has 2 aromatic carbocycles. The second-order valence-corrected chi connectivity index (χ2v) is 8.11. The summed E-state index contributed by atoms with van der Waals surface area (Å²) >= 11 is 13.2. The lowest BCUT2D eigenvalue weighted by Gasteiger charge is -2.12. The van der Waals surface area contributed by atoms with E-state index in [1.807, 2.05) is 32.0 Å². The smallest absolute Gasteiger partial charge is 0.277 e. The van der Waals surface area contributed by atoms with Gasteiger partial charge in [-0.05, 0) is 50.1 Å². The highest BCUT2D eigenvalue weighted by Crippen LogP contribution is 2.31. The number of thioether (sulfide) groups is 1. The summed E-state index contributed by atoms with van der Waals surface area (Å²) in [4.78, 5) is 12.3. The van der Waals surface area contributed by atoms with Gasteiger partial charge in [-0.3, -0.25) is 4.79 Å². The van der Waals surface area contributed by atoms with Crippen molar-refractivity contribution in [3.8, 4) is 5.75 Å². The largest absolute Gasteiger partial charge is 0.479 e. The zero-order chi connectivity index (χ0) is 21.0. The number of amides is 1. The first-order chi connectivity index (χ1) is 13.8. The maximum absolute atomic E-state index is 12.3. The van der Waals surface area contributed by atoms with Gasteiger partial charge in [0.2, 0.25) is 5.91 Å². The van der Waals surface area contributed by atoms with Crippen molar-refractivity contribution < 1.29 is 13.9 Å². The third-order valence-electron chi connectivity index (χ3n) is 4.04. The van der Waals surface area contributed by atoms with Crippen LogP contribution < -0.4 is 10.1 Å². The van der Waals surface area contributed by atoms with Crippen molar-refractivity contribution in [1.82, 2.24) is 10.2 Å². The van der Waals surface area contributed by atoms with Crippen LogP contribution >= 0.6 is 35.0 Å². The van der Waals surface area contributed by atoms with Crippen molar-refractivity contribution in [2.24, 2.45) is 0 Å². The summed E-state index contributed by atoms with van der Waals surface area (Å²) in [6, 6.07) is 10.8. The Kier molecular flexibility index (Phi) is 7.05. The van der Waals surface area contributed by atoms with Crippen LogP contribution in [-0.4, -0.2) is 21.9 Å². The summed E-state index contributed by atoms with van der Waals surface area (Å²) in [7, 11) is 0. The molecule has 0 spiro atoms. The Bertz CT molecular complexity index is 1010. The molecule has 0 bridgehead atoms. The van der Waals surface area contributed by atoms with E-state index in [4.69, 9.17) is 32.4 Å². The molecule has 0 saturated carbocycles. The molecule has 0 unspecified atom stereocenters. The summed E-state index contributed by atoms with van der Waals surface area (Å²) in [6.07, 6.45) is -0.515. The van der Waals surface area contributed by atoms with E-state index in [9.17, 15) is 4.79 Å². The van der Waals surface area contributed by atoms with Crippen molar-refractivity contribution in [1.29, 1.82) is 0 Å². The van der Waals surface area contributed by atoms with Gasteiger partial charge < -0.3 is 14.5 Å². The molecule has 29 heavy (non-hydrogen) atoms. The van der Waals surface area contributed by atoms with E-state index < -0.39 is 6.10 Å². The first-order valence-corrected chi connectivity index (χ1v) is 10.5. The number of carbonyl (C=O) groups excluding carboxylic acids is 1. The minimum absolute atomic E-state index is 0.146. The van der Waals surface area contributed by atoms with E-state index in [0.29, 0.717) is 15.8 Å². The molecule has 1 N–H and O–H groups in total. The van der Waals surface area contributed by atoms with Crippen molar-refractivity contribution >= 4 is 46.6 Å². The predicted molar refractivity (Wildman–Crippen MR) is 115 cm³/mol. The van der Waals surface area contributed by atoms with Crippen molar-refractivity contribution in [3.63, 3.8) is 0 Å². The lowest BCUT2D eigenvalue weighted by atomic mass is 10.1. The maximum Gasteiger partial charge on any atom is 0.277 e. The minimum atomic E-state index is -0.515. The van der Waals surface area contributed by atoms with E-state index in [1.54, 1.807) is 25.1 Å². The minimum Gasteiger partial charge on any atom is -0.479 e. The van der Waals surface area contributed by atoms with Crippen LogP contribution in [0.15, 0.2) is 46.0 Å².